The van der Waals surface area contributed by atoms with E-state index in [1.807, 2.05) is 0 Å². The molecule has 0 aliphatic carbocycles. The Hall–Kier alpha value is -4.44. The van der Waals surface area contributed by atoms with Crippen molar-refractivity contribution in [3.63, 3.8) is 0 Å². The van der Waals surface area contributed by atoms with Crippen molar-refractivity contribution in [3.05, 3.63) is 131 Å². The van der Waals surface area contributed by atoms with Gasteiger partial charge in [0.15, 0.2) is 24.6 Å². The molecule has 0 bridgehead atoms. The molecule has 0 unspecified atom stereocenters. The third kappa shape index (κ3) is 8.34. The van der Waals surface area contributed by atoms with Gasteiger partial charge in [0.05, 0.1) is 27.5 Å². The number of hydrogen-bond donors (Lipinski definition) is 1. The lowest BCUT2D eigenvalue weighted by molar-refractivity contribution is -0.277. The molecule has 1 heterocycles. The maximum atomic E-state index is 13.4. The highest BCUT2D eigenvalue weighted by atomic mass is 32.2. The monoisotopic (exact) mass is 696 g/mol. The number of ether oxygens (including phenoxy) is 3. The van der Waals surface area contributed by atoms with Gasteiger partial charge in [-0.1, -0.05) is 71.8 Å². The summed E-state index contributed by atoms with van der Waals surface area (Å²) in [6.45, 7) is 2.69. The molecule has 1 aliphatic heterocycles. The van der Waals surface area contributed by atoms with Crippen molar-refractivity contribution in [2.75, 3.05) is 6.61 Å². The topological polar surface area (TPSA) is 169 Å². The Kier molecular flexibility index (Phi) is 10.7. The number of esters is 2. The standard InChI is InChI=1S/C34H32O12S2/c1-22-13-17-26(18-14-22)47(38,39)42-21-28-29(44-32(35)24-9-5-3-6-10-24)30(45-33(36)25-11-7-4-8-12-25)31(34(37)43-28)46-48(40,41)27-19-15-23(2)16-20-27/h3-20,28-31,34,37H,21H2,1-2H3/t28-,29+,30+,31+,34-/m1/s1. The molecule has 0 aromatic heterocycles. The van der Waals surface area contributed by atoms with Gasteiger partial charge in [0.25, 0.3) is 20.2 Å². The number of aliphatic hydroxyl groups excluding tert-OH is 1. The average Bonchev–Trinajstić information content (AvgIpc) is 3.07. The first kappa shape index (κ1) is 34.9. The third-order valence-corrected chi connectivity index (χ3v) is 9.98. The van der Waals surface area contributed by atoms with Crippen LogP contribution in [0.4, 0.5) is 0 Å². The van der Waals surface area contributed by atoms with Crippen molar-refractivity contribution in [2.45, 2.75) is 54.3 Å². The molecule has 4 aromatic carbocycles. The zero-order chi connectivity index (χ0) is 34.5. The normalized spacial score (nSPS) is 21.3. The molecule has 0 radical (unpaired) electrons. The van der Waals surface area contributed by atoms with Crippen molar-refractivity contribution in [2.24, 2.45) is 0 Å². The predicted octanol–water partition coefficient (Wildman–Crippen LogP) is 3.95. The summed E-state index contributed by atoms with van der Waals surface area (Å²) in [5.74, 6) is -1.93. The summed E-state index contributed by atoms with van der Waals surface area (Å²) in [6.07, 6.45) is -9.34. The SMILES string of the molecule is Cc1ccc(S(=O)(=O)OC[C@H]2O[C@@H](O)[C@@H](OS(=O)(=O)c3ccc(C)cc3)[C@@H](OC(=O)c3ccccc3)[C@H]2OC(=O)c2ccccc2)cc1. The first-order chi connectivity index (χ1) is 22.8. The van der Waals surface area contributed by atoms with Crippen LogP contribution in [0.1, 0.15) is 31.8 Å². The Balaban J connectivity index is 1.53. The molecule has 1 aliphatic rings. The fourth-order valence-corrected chi connectivity index (χ4v) is 6.77. The molecule has 0 spiro atoms. The number of benzene rings is 4. The molecule has 12 nitrogen and oxygen atoms in total. The van der Waals surface area contributed by atoms with Crippen LogP contribution in [0.25, 0.3) is 0 Å². The summed E-state index contributed by atoms with van der Waals surface area (Å²) in [4.78, 5) is 26.2. The van der Waals surface area contributed by atoms with E-state index in [1.165, 1.54) is 60.7 Å². The van der Waals surface area contributed by atoms with Crippen LogP contribution in [-0.4, -0.2) is 71.2 Å². The molecule has 5 atom stereocenters. The van der Waals surface area contributed by atoms with Gasteiger partial charge in [-0.05, 0) is 62.4 Å². The largest absolute Gasteiger partial charge is 0.452 e. The maximum absolute atomic E-state index is 13.4. The summed E-state index contributed by atoms with van der Waals surface area (Å²) in [5, 5.41) is 11.1. The molecule has 48 heavy (non-hydrogen) atoms. The quantitative estimate of drug-likeness (QED) is 0.177. The van der Waals surface area contributed by atoms with Crippen LogP contribution in [0.3, 0.4) is 0 Å². The van der Waals surface area contributed by atoms with Crippen LogP contribution < -0.4 is 0 Å². The van der Waals surface area contributed by atoms with Crippen LogP contribution in [0, 0.1) is 13.8 Å². The minimum atomic E-state index is -4.64. The summed E-state index contributed by atoms with van der Waals surface area (Å²) in [5.41, 5.74) is 1.67. The van der Waals surface area contributed by atoms with E-state index in [2.05, 4.69) is 0 Å². The number of aryl methyl sites for hydroxylation is 2. The second-order valence-electron chi connectivity index (χ2n) is 10.9. The highest BCUT2D eigenvalue weighted by molar-refractivity contribution is 7.87. The summed E-state index contributed by atoms with van der Waals surface area (Å²) in [6, 6.07) is 26.7. The molecule has 1 fully saturated rings. The van der Waals surface area contributed by atoms with E-state index in [-0.39, 0.29) is 20.9 Å². The molecule has 0 saturated carbocycles. The molecule has 252 valence electrons. The predicted molar refractivity (Wildman–Crippen MR) is 170 cm³/mol. The van der Waals surface area contributed by atoms with Crippen LogP contribution in [0.15, 0.2) is 119 Å². The Bertz CT molecular complexity index is 1930. The van der Waals surface area contributed by atoms with Gasteiger partial charge in [0.1, 0.15) is 6.10 Å². The molecule has 5 rings (SSSR count). The van der Waals surface area contributed by atoms with Gasteiger partial charge in [-0.3, -0.25) is 8.37 Å². The smallest absolute Gasteiger partial charge is 0.338 e. The van der Waals surface area contributed by atoms with E-state index in [0.717, 1.165) is 11.1 Å². The number of aliphatic hydroxyl groups is 1. The van der Waals surface area contributed by atoms with E-state index < -0.39 is 69.5 Å². The lowest BCUT2D eigenvalue weighted by Crippen LogP contribution is -2.62. The first-order valence-corrected chi connectivity index (χ1v) is 17.5. The molecule has 4 aromatic rings. The molecule has 0 amide bonds. The maximum Gasteiger partial charge on any atom is 0.338 e. The van der Waals surface area contributed by atoms with Gasteiger partial charge in [-0.25, -0.2) is 9.59 Å². The summed E-state index contributed by atoms with van der Waals surface area (Å²) >= 11 is 0. The molecular formula is C34H32O12S2. The molecule has 1 N–H and O–H groups in total. The van der Waals surface area contributed by atoms with E-state index in [4.69, 9.17) is 22.6 Å². The van der Waals surface area contributed by atoms with Gasteiger partial charge in [0, 0.05) is 0 Å². The van der Waals surface area contributed by atoms with Crippen molar-refractivity contribution >= 4 is 32.2 Å². The minimum Gasteiger partial charge on any atom is -0.452 e. The van der Waals surface area contributed by atoms with Crippen molar-refractivity contribution < 1.29 is 54.1 Å². The zero-order valence-electron chi connectivity index (χ0n) is 25.7. The van der Waals surface area contributed by atoms with E-state index in [9.17, 15) is 31.5 Å². The summed E-state index contributed by atoms with van der Waals surface area (Å²) < 4.78 is 80.7. The van der Waals surface area contributed by atoms with E-state index >= 15 is 0 Å². The van der Waals surface area contributed by atoms with Crippen LogP contribution >= 0.6 is 0 Å². The van der Waals surface area contributed by atoms with Crippen molar-refractivity contribution in [3.8, 4) is 0 Å². The highest BCUT2D eigenvalue weighted by Crippen LogP contribution is 2.32. The van der Waals surface area contributed by atoms with Gasteiger partial charge in [0.2, 0.25) is 0 Å². The Morgan fingerprint density at radius 3 is 1.54 bits per heavy atom. The van der Waals surface area contributed by atoms with Crippen LogP contribution in [-0.2, 0) is 42.8 Å². The number of rotatable bonds is 11. The lowest BCUT2D eigenvalue weighted by Gasteiger charge is -2.42. The first-order valence-electron chi connectivity index (χ1n) is 14.7. The highest BCUT2D eigenvalue weighted by Gasteiger charge is 2.53. The number of carbonyl (C=O) groups excluding carboxylic acids is 2. The van der Waals surface area contributed by atoms with E-state index in [0.29, 0.717) is 0 Å². The van der Waals surface area contributed by atoms with Gasteiger partial charge in [-0.2, -0.15) is 16.8 Å². The number of hydrogen-bond acceptors (Lipinski definition) is 12. The van der Waals surface area contributed by atoms with Crippen molar-refractivity contribution in [1.29, 1.82) is 0 Å². The zero-order valence-corrected chi connectivity index (χ0v) is 27.4. The Morgan fingerprint density at radius 2 is 1.06 bits per heavy atom. The fraction of sp³-hybridized carbons (Fsp3) is 0.235. The third-order valence-electron chi connectivity index (χ3n) is 7.36. The summed E-state index contributed by atoms with van der Waals surface area (Å²) in [7, 11) is -9.04. The van der Waals surface area contributed by atoms with Gasteiger partial charge < -0.3 is 19.3 Å². The molecule has 14 heteroatoms. The second kappa shape index (κ2) is 14.8. The van der Waals surface area contributed by atoms with Gasteiger partial charge in [-0.15, -0.1) is 0 Å². The average molecular weight is 697 g/mol. The van der Waals surface area contributed by atoms with Crippen molar-refractivity contribution in [1.82, 2.24) is 0 Å². The minimum absolute atomic E-state index is 0.0431. The fourth-order valence-electron chi connectivity index (χ4n) is 4.78. The molecular weight excluding hydrogens is 664 g/mol. The Labute approximate surface area is 278 Å². The molecule has 1 saturated heterocycles. The number of carbonyl (C=O) groups is 2. The van der Waals surface area contributed by atoms with E-state index in [1.54, 1.807) is 62.4 Å². The second-order valence-corrected chi connectivity index (χ2v) is 14.1. The van der Waals surface area contributed by atoms with Crippen LogP contribution in [0.2, 0.25) is 0 Å². The van der Waals surface area contributed by atoms with Gasteiger partial charge >= 0.3 is 11.9 Å². The lowest BCUT2D eigenvalue weighted by atomic mass is 9.98. The Morgan fingerprint density at radius 1 is 0.625 bits per heavy atom. The van der Waals surface area contributed by atoms with Crippen LogP contribution in [0.5, 0.6) is 0 Å².